The van der Waals surface area contributed by atoms with Crippen molar-refractivity contribution >= 4 is 16.9 Å². The Morgan fingerprint density at radius 3 is 2.27 bits per heavy atom. The molecule has 134 valence electrons. The maximum absolute atomic E-state index is 12.8. The fourth-order valence-corrected chi connectivity index (χ4v) is 3.69. The van der Waals surface area contributed by atoms with Crippen LogP contribution in [0.5, 0.6) is 0 Å². The number of fused-ring (bicyclic) bond motifs is 3. The highest BCUT2D eigenvalue weighted by Gasteiger charge is 2.24. The summed E-state index contributed by atoms with van der Waals surface area (Å²) >= 11 is 0. The van der Waals surface area contributed by atoms with Gasteiger partial charge >= 0.3 is 5.69 Å². The van der Waals surface area contributed by atoms with E-state index in [9.17, 15) is 9.59 Å². The van der Waals surface area contributed by atoms with E-state index < -0.39 is 0 Å². The van der Waals surface area contributed by atoms with Gasteiger partial charge in [-0.15, -0.1) is 0 Å². The van der Waals surface area contributed by atoms with Crippen molar-refractivity contribution in [2.45, 2.75) is 26.8 Å². The zero-order chi connectivity index (χ0) is 18.7. The van der Waals surface area contributed by atoms with Crippen LogP contribution in [-0.4, -0.2) is 23.1 Å². The normalized spacial score (nSPS) is 13.0. The minimum atomic E-state index is -0.375. The number of hydrogen-bond acceptors (Lipinski definition) is 3. The molecule has 26 heavy (non-hydrogen) atoms. The van der Waals surface area contributed by atoms with Crippen molar-refractivity contribution in [3.05, 3.63) is 68.1 Å². The monoisotopic (exact) mass is 351 g/mol. The molecule has 0 aliphatic rings. The first-order valence-electron chi connectivity index (χ1n) is 8.55. The molecule has 0 saturated heterocycles. The van der Waals surface area contributed by atoms with Gasteiger partial charge in [-0.1, -0.05) is 30.3 Å². The van der Waals surface area contributed by atoms with Crippen LogP contribution in [0.3, 0.4) is 0 Å². The topological polar surface area (TPSA) is 66.2 Å². The Balaban J connectivity index is 2.16. The SMILES string of the molecule is Cc1c(C)n2c3c(=O)n(C)c(=O)n(C)c3nc2n1C(C)c1ccccc1. The molecule has 3 heterocycles. The molecule has 4 aromatic rings. The minimum absolute atomic E-state index is 0.0464. The van der Waals surface area contributed by atoms with Crippen LogP contribution in [0.2, 0.25) is 0 Å². The average molecular weight is 351 g/mol. The lowest BCUT2D eigenvalue weighted by molar-refractivity contribution is 0.637. The largest absolute Gasteiger partial charge is 0.332 e. The molecule has 0 saturated carbocycles. The molecular formula is C19H21N5O2. The molecule has 0 radical (unpaired) electrons. The smallest absolute Gasteiger partial charge is 0.307 e. The Bertz CT molecular complexity index is 1270. The number of benzene rings is 1. The molecule has 0 aliphatic heterocycles. The number of aromatic nitrogens is 5. The first kappa shape index (κ1) is 16.4. The molecule has 0 aliphatic carbocycles. The van der Waals surface area contributed by atoms with E-state index in [4.69, 9.17) is 0 Å². The number of nitrogens with zero attached hydrogens (tertiary/aromatic N) is 5. The molecule has 1 aromatic carbocycles. The molecule has 0 amide bonds. The van der Waals surface area contributed by atoms with Crippen LogP contribution in [-0.2, 0) is 14.1 Å². The standard InChI is InChI=1S/C19H21N5O2/c1-11-12(2)24-15-16(21(4)19(26)22(5)17(15)25)20-18(24)23(11)13(3)14-9-7-6-8-10-14/h6-10,13H,1-5H3. The summed E-state index contributed by atoms with van der Waals surface area (Å²) < 4.78 is 6.54. The van der Waals surface area contributed by atoms with Gasteiger partial charge in [0, 0.05) is 25.5 Å². The van der Waals surface area contributed by atoms with E-state index >= 15 is 0 Å². The summed E-state index contributed by atoms with van der Waals surface area (Å²) in [5.41, 5.74) is 3.28. The fourth-order valence-electron chi connectivity index (χ4n) is 3.69. The predicted molar refractivity (Wildman–Crippen MR) is 101 cm³/mol. The number of aryl methyl sites for hydroxylation is 2. The Kier molecular flexibility index (Phi) is 3.44. The van der Waals surface area contributed by atoms with E-state index in [1.54, 1.807) is 7.05 Å². The third kappa shape index (κ3) is 1.97. The van der Waals surface area contributed by atoms with Gasteiger partial charge in [0.05, 0.1) is 6.04 Å². The zero-order valence-electron chi connectivity index (χ0n) is 15.5. The van der Waals surface area contributed by atoms with Gasteiger partial charge in [0.25, 0.3) is 5.56 Å². The van der Waals surface area contributed by atoms with Crippen molar-refractivity contribution in [1.29, 1.82) is 0 Å². The second kappa shape index (κ2) is 5.45. The summed E-state index contributed by atoms with van der Waals surface area (Å²) in [4.78, 5) is 29.7. The van der Waals surface area contributed by atoms with Crippen LogP contribution in [0.1, 0.15) is 29.9 Å². The number of imidazole rings is 2. The quantitative estimate of drug-likeness (QED) is 0.554. The van der Waals surface area contributed by atoms with E-state index in [0.717, 1.165) is 21.5 Å². The molecule has 0 bridgehead atoms. The third-order valence-electron chi connectivity index (χ3n) is 5.35. The van der Waals surface area contributed by atoms with E-state index in [1.807, 2.05) is 36.4 Å². The zero-order valence-corrected chi connectivity index (χ0v) is 15.5. The Morgan fingerprint density at radius 2 is 1.62 bits per heavy atom. The van der Waals surface area contributed by atoms with Crippen LogP contribution in [0.4, 0.5) is 0 Å². The Hall–Kier alpha value is -3.09. The molecular weight excluding hydrogens is 330 g/mol. The maximum atomic E-state index is 12.8. The van der Waals surface area contributed by atoms with Crippen molar-refractivity contribution in [2.75, 3.05) is 0 Å². The van der Waals surface area contributed by atoms with E-state index in [1.165, 1.54) is 11.6 Å². The van der Waals surface area contributed by atoms with Crippen molar-refractivity contribution in [3.8, 4) is 0 Å². The van der Waals surface area contributed by atoms with Gasteiger partial charge < -0.3 is 4.57 Å². The molecule has 3 aromatic heterocycles. The summed E-state index contributed by atoms with van der Waals surface area (Å²) in [6, 6.07) is 10.2. The molecule has 1 unspecified atom stereocenters. The second-order valence-corrected chi connectivity index (χ2v) is 6.75. The van der Waals surface area contributed by atoms with Crippen molar-refractivity contribution in [3.63, 3.8) is 0 Å². The lowest BCUT2D eigenvalue weighted by Gasteiger charge is -2.16. The van der Waals surface area contributed by atoms with Crippen molar-refractivity contribution in [2.24, 2.45) is 14.1 Å². The summed E-state index contributed by atoms with van der Waals surface area (Å²) in [7, 11) is 3.14. The second-order valence-electron chi connectivity index (χ2n) is 6.75. The van der Waals surface area contributed by atoms with Gasteiger partial charge in [-0.25, -0.2) is 4.79 Å². The molecule has 0 fully saturated rings. The summed E-state index contributed by atoms with van der Waals surface area (Å²) in [5.74, 6) is 0.671. The lowest BCUT2D eigenvalue weighted by Crippen LogP contribution is -2.37. The van der Waals surface area contributed by atoms with E-state index in [0.29, 0.717) is 16.9 Å². The number of hydrogen-bond donors (Lipinski definition) is 0. The highest BCUT2D eigenvalue weighted by Crippen LogP contribution is 2.27. The molecule has 7 nitrogen and oxygen atoms in total. The molecule has 4 rings (SSSR count). The minimum Gasteiger partial charge on any atom is -0.307 e. The van der Waals surface area contributed by atoms with Gasteiger partial charge in [0.2, 0.25) is 5.78 Å². The van der Waals surface area contributed by atoms with Gasteiger partial charge in [-0.05, 0) is 26.3 Å². The number of rotatable bonds is 2. The first-order chi connectivity index (χ1) is 12.3. The summed E-state index contributed by atoms with van der Waals surface area (Å²) in [5, 5.41) is 0. The molecule has 0 N–H and O–H groups in total. The highest BCUT2D eigenvalue weighted by molar-refractivity contribution is 5.76. The van der Waals surface area contributed by atoms with Crippen LogP contribution < -0.4 is 11.2 Å². The average Bonchev–Trinajstić information content (AvgIpc) is 3.14. The Labute approximate surface area is 149 Å². The maximum Gasteiger partial charge on any atom is 0.332 e. The molecule has 7 heteroatoms. The summed E-state index contributed by atoms with van der Waals surface area (Å²) in [6.45, 7) is 6.11. The van der Waals surface area contributed by atoms with Gasteiger partial charge in [-0.3, -0.25) is 18.3 Å². The predicted octanol–water partition coefficient (Wildman–Crippen LogP) is 1.91. The third-order valence-corrected chi connectivity index (χ3v) is 5.35. The van der Waals surface area contributed by atoms with E-state index in [2.05, 4.69) is 28.6 Å². The first-order valence-corrected chi connectivity index (χ1v) is 8.55. The molecule has 0 spiro atoms. The fraction of sp³-hybridized carbons (Fsp3) is 0.316. The van der Waals surface area contributed by atoms with Crippen LogP contribution in [0, 0.1) is 13.8 Å². The molecule has 1 atom stereocenters. The van der Waals surface area contributed by atoms with E-state index in [-0.39, 0.29) is 17.3 Å². The van der Waals surface area contributed by atoms with Crippen LogP contribution >= 0.6 is 0 Å². The lowest BCUT2D eigenvalue weighted by atomic mass is 10.1. The van der Waals surface area contributed by atoms with Crippen molar-refractivity contribution in [1.82, 2.24) is 23.1 Å². The van der Waals surface area contributed by atoms with Crippen LogP contribution in [0.25, 0.3) is 16.9 Å². The highest BCUT2D eigenvalue weighted by atomic mass is 16.2. The van der Waals surface area contributed by atoms with Crippen molar-refractivity contribution < 1.29 is 0 Å². The van der Waals surface area contributed by atoms with Gasteiger partial charge in [0.15, 0.2) is 11.2 Å². The Morgan fingerprint density at radius 1 is 0.962 bits per heavy atom. The summed E-state index contributed by atoms with van der Waals surface area (Å²) in [6.07, 6.45) is 0. The van der Waals surface area contributed by atoms with Gasteiger partial charge in [-0.2, -0.15) is 4.98 Å². The van der Waals surface area contributed by atoms with Gasteiger partial charge in [0.1, 0.15) is 0 Å². The van der Waals surface area contributed by atoms with Crippen LogP contribution in [0.15, 0.2) is 39.9 Å².